The van der Waals surface area contributed by atoms with E-state index in [1.165, 1.54) is 11.3 Å². The lowest BCUT2D eigenvalue weighted by Crippen LogP contribution is -2.21. The van der Waals surface area contributed by atoms with E-state index in [-0.39, 0.29) is 24.7 Å². The summed E-state index contributed by atoms with van der Waals surface area (Å²) in [6, 6.07) is 11.1. The predicted molar refractivity (Wildman–Crippen MR) is 129 cm³/mol. The van der Waals surface area contributed by atoms with E-state index in [1.54, 1.807) is 38.7 Å². The first-order valence-corrected chi connectivity index (χ1v) is 11.3. The SMILES string of the molecule is CCOC(=O)c1c(-c2ccc(OC)c(OC)c2)csc1NC(=O)COc1c(C)cccc1C. The quantitative estimate of drug-likeness (QED) is 0.432. The highest BCUT2D eigenvalue weighted by molar-refractivity contribution is 7.15. The lowest BCUT2D eigenvalue weighted by molar-refractivity contribution is -0.118. The molecular weight excluding hydrogens is 442 g/mol. The van der Waals surface area contributed by atoms with E-state index in [1.807, 2.05) is 38.1 Å². The number of para-hydroxylation sites is 1. The van der Waals surface area contributed by atoms with Crippen LogP contribution in [0.4, 0.5) is 5.00 Å². The molecule has 0 fully saturated rings. The summed E-state index contributed by atoms with van der Waals surface area (Å²) >= 11 is 1.24. The molecular formula is C25H27NO6S. The van der Waals surface area contributed by atoms with Gasteiger partial charge < -0.3 is 24.3 Å². The van der Waals surface area contributed by atoms with Crippen molar-refractivity contribution in [2.45, 2.75) is 20.8 Å². The summed E-state index contributed by atoms with van der Waals surface area (Å²) in [7, 11) is 3.10. The number of hydrogen-bond donors (Lipinski definition) is 1. The number of nitrogens with one attached hydrogen (secondary N) is 1. The van der Waals surface area contributed by atoms with Crippen LogP contribution in [0.2, 0.25) is 0 Å². The van der Waals surface area contributed by atoms with Crippen molar-refractivity contribution >= 4 is 28.2 Å². The normalized spacial score (nSPS) is 10.5. The molecule has 0 unspecified atom stereocenters. The lowest BCUT2D eigenvalue weighted by atomic mass is 10.0. The molecule has 0 bridgehead atoms. The Balaban J connectivity index is 1.87. The fourth-order valence-electron chi connectivity index (χ4n) is 3.40. The molecule has 33 heavy (non-hydrogen) atoms. The van der Waals surface area contributed by atoms with Crippen molar-refractivity contribution in [1.82, 2.24) is 0 Å². The van der Waals surface area contributed by atoms with Gasteiger partial charge in [0.1, 0.15) is 16.3 Å². The number of amides is 1. The smallest absolute Gasteiger partial charge is 0.341 e. The van der Waals surface area contributed by atoms with Crippen molar-refractivity contribution in [3.05, 3.63) is 58.5 Å². The number of rotatable bonds is 9. The molecule has 0 aliphatic rings. The minimum absolute atomic E-state index is 0.183. The number of methoxy groups -OCH3 is 2. The highest BCUT2D eigenvalue weighted by Gasteiger charge is 2.24. The number of hydrogen-bond acceptors (Lipinski definition) is 7. The zero-order valence-corrected chi connectivity index (χ0v) is 20.1. The van der Waals surface area contributed by atoms with Crippen LogP contribution in [-0.4, -0.2) is 39.3 Å². The van der Waals surface area contributed by atoms with Crippen molar-refractivity contribution in [2.75, 3.05) is 32.8 Å². The van der Waals surface area contributed by atoms with Gasteiger partial charge in [0.25, 0.3) is 5.91 Å². The molecule has 1 aromatic heterocycles. The summed E-state index contributed by atoms with van der Waals surface area (Å²) in [5, 5.41) is 5.00. The molecule has 1 heterocycles. The van der Waals surface area contributed by atoms with Gasteiger partial charge in [-0.15, -0.1) is 11.3 Å². The number of esters is 1. The van der Waals surface area contributed by atoms with Crippen molar-refractivity contribution < 1.29 is 28.5 Å². The Hall–Kier alpha value is -3.52. The average Bonchev–Trinajstić information content (AvgIpc) is 3.21. The van der Waals surface area contributed by atoms with Crippen LogP contribution >= 0.6 is 11.3 Å². The molecule has 0 aliphatic heterocycles. The molecule has 0 radical (unpaired) electrons. The molecule has 0 atom stereocenters. The number of anilines is 1. The number of aryl methyl sites for hydroxylation is 2. The Morgan fingerprint density at radius 1 is 1.00 bits per heavy atom. The summed E-state index contributed by atoms with van der Waals surface area (Å²) in [4.78, 5) is 25.4. The summed E-state index contributed by atoms with van der Waals surface area (Å²) in [5.41, 5.74) is 3.54. The number of ether oxygens (including phenoxy) is 4. The maximum atomic E-state index is 12.8. The third-order valence-electron chi connectivity index (χ3n) is 4.97. The van der Waals surface area contributed by atoms with Crippen LogP contribution in [0.25, 0.3) is 11.1 Å². The molecule has 3 aromatic rings. The number of carbonyl (C=O) groups excluding carboxylic acids is 2. The zero-order valence-electron chi connectivity index (χ0n) is 19.3. The molecule has 1 N–H and O–H groups in total. The summed E-state index contributed by atoms with van der Waals surface area (Å²) in [5.74, 6) is 0.892. The van der Waals surface area contributed by atoms with Gasteiger partial charge in [0.2, 0.25) is 0 Å². The average molecular weight is 470 g/mol. The maximum Gasteiger partial charge on any atom is 0.341 e. The monoisotopic (exact) mass is 469 g/mol. The van der Waals surface area contributed by atoms with Gasteiger partial charge in [-0.3, -0.25) is 4.79 Å². The van der Waals surface area contributed by atoms with E-state index < -0.39 is 5.97 Å². The second-order valence-corrected chi connectivity index (χ2v) is 8.08. The van der Waals surface area contributed by atoms with Gasteiger partial charge in [0.15, 0.2) is 18.1 Å². The molecule has 0 saturated carbocycles. The summed E-state index contributed by atoms with van der Waals surface area (Å²) < 4.78 is 21.7. The van der Waals surface area contributed by atoms with E-state index in [2.05, 4.69) is 5.32 Å². The Morgan fingerprint density at radius 3 is 2.33 bits per heavy atom. The first kappa shape index (κ1) is 24.1. The van der Waals surface area contributed by atoms with Gasteiger partial charge in [0, 0.05) is 10.9 Å². The number of carbonyl (C=O) groups is 2. The number of thiophene rings is 1. The van der Waals surface area contributed by atoms with Crippen LogP contribution in [0.1, 0.15) is 28.4 Å². The fourth-order valence-corrected chi connectivity index (χ4v) is 4.37. The van der Waals surface area contributed by atoms with Crippen molar-refractivity contribution in [1.29, 1.82) is 0 Å². The Morgan fingerprint density at radius 2 is 1.70 bits per heavy atom. The molecule has 3 rings (SSSR count). The van der Waals surface area contributed by atoms with Gasteiger partial charge in [-0.05, 0) is 49.6 Å². The highest BCUT2D eigenvalue weighted by Crippen LogP contribution is 2.39. The number of benzene rings is 2. The first-order valence-electron chi connectivity index (χ1n) is 10.4. The Labute approximate surface area is 197 Å². The van der Waals surface area contributed by atoms with Crippen LogP contribution in [0.15, 0.2) is 41.8 Å². The van der Waals surface area contributed by atoms with Crippen LogP contribution in [0.5, 0.6) is 17.2 Å². The second kappa shape index (κ2) is 10.9. The summed E-state index contributed by atoms with van der Waals surface area (Å²) in [6.45, 7) is 5.61. The Kier molecular flexibility index (Phi) is 7.95. The third kappa shape index (κ3) is 5.46. The van der Waals surface area contributed by atoms with Crippen molar-refractivity contribution in [2.24, 2.45) is 0 Å². The molecule has 0 spiro atoms. The van der Waals surface area contributed by atoms with Crippen LogP contribution in [0, 0.1) is 13.8 Å². The first-order chi connectivity index (χ1) is 15.9. The fraction of sp³-hybridized carbons (Fsp3) is 0.280. The standard InChI is InChI=1S/C25H27NO6S/c1-6-31-25(28)22-18(17-10-11-19(29-4)20(12-17)30-5)14-33-24(22)26-21(27)13-32-23-15(2)8-7-9-16(23)3/h7-12,14H,6,13H2,1-5H3,(H,26,27). The lowest BCUT2D eigenvalue weighted by Gasteiger charge is -2.13. The second-order valence-electron chi connectivity index (χ2n) is 7.20. The molecule has 2 aromatic carbocycles. The van der Waals surface area contributed by atoms with Gasteiger partial charge in [-0.25, -0.2) is 4.79 Å². The summed E-state index contributed by atoms with van der Waals surface area (Å²) in [6.07, 6.45) is 0. The van der Waals surface area contributed by atoms with Crippen LogP contribution < -0.4 is 19.5 Å². The van der Waals surface area contributed by atoms with Gasteiger partial charge >= 0.3 is 5.97 Å². The third-order valence-corrected chi connectivity index (χ3v) is 5.87. The molecule has 0 aliphatic carbocycles. The zero-order chi connectivity index (χ0) is 24.0. The molecule has 174 valence electrons. The van der Waals surface area contributed by atoms with E-state index in [0.29, 0.717) is 27.8 Å². The topological polar surface area (TPSA) is 83.1 Å². The highest BCUT2D eigenvalue weighted by atomic mass is 32.1. The molecule has 7 nitrogen and oxygen atoms in total. The van der Waals surface area contributed by atoms with E-state index in [0.717, 1.165) is 16.7 Å². The Bertz CT molecular complexity index is 1130. The molecule has 8 heteroatoms. The van der Waals surface area contributed by atoms with E-state index >= 15 is 0 Å². The largest absolute Gasteiger partial charge is 0.493 e. The molecule has 1 amide bonds. The maximum absolute atomic E-state index is 12.8. The van der Waals surface area contributed by atoms with Crippen LogP contribution in [-0.2, 0) is 9.53 Å². The molecule has 0 saturated heterocycles. The predicted octanol–water partition coefficient (Wildman–Crippen LogP) is 5.24. The van der Waals surface area contributed by atoms with E-state index in [4.69, 9.17) is 18.9 Å². The minimum atomic E-state index is -0.519. The minimum Gasteiger partial charge on any atom is -0.493 e. The van der Waals surface area contributed by atoms with Gasteiger partial charge in [-0.2, -0.15) is 0 Å². The van der Waals surface area contributed by atoms with Gasteiger partial charge in [-0.1, -0.05) is 24.3 Å². The van der Waals surface area contributed by atoms with Crippen molar-refractivity contribution in [3.63, 3.8) is 0 Å². The van der Waals surface area contributed by atoms with E-state index in [9.17, 15) is 9.59 Å². The van der Waals surface area contributed by atoms with Gasteiger partial charge in [0.05, 0.1) is 20.8 Å². The van der Waals surface area contributed by atoms with Crippen LogP contribution in [0.3, 0.4) is 0 Å². The van der Waals surface area contributed by atoms with Crippen molar-refractivity contribution in [3.8, 4) is 28.4 Å².